The van der Waals surface area contributed by atoms with Gasteiger partial charge in [0.05, 0.1) is 11.4 Å². The minimum absolute atomic E-state index is 0.113. The van der Waals surface area contributed by atoms with Gasteiger partial charge in [-0.05, 0) is 19.1 Å². The predicted molar refractivity (Wildman–Crippen MR) is 68.3 cm³/mol. The Morgan fingerprint density at radius 1 is 1.33 bits per heavy atom. The van der Waals surface area contributed by atoms with Crippen molar-refractivity contribution >= 4 is 15.9 Å². The van der Waals surface area contributed by atoms with Crippen molar-refractivity contribution in [2.75, 3.05) is 13.1 Å². The van der Waals surface area contributed by atoms with Gasteiger partial charge in [-0.2, -0.15) is 0 Å². The summed E-state index contributed by atoms with van der Waals surface area (Å²) in [4.78, 5) is 11.1. The number of hydrogen-bond acceptors (Lipinski definition) is 4. The summed E-state index contributed by atoms with van der Waals surface area (Å²) in [6.07, 6.45) is 0. The molecule has 1 unspecified atom stereocenters. The Morgan fingerprint density at radius 2 is 1.94 bits per heavy atom. The van der Waals surface area contributed by atoms with Crippen molar-refractivity contribution in [3.8, 4) is 0 Å². The number of amides is 1. The summed E-state index contributed by atoms with van der Waals surface area (Å²) in [5.74, 6) is -0.319. The van der Waals surface area contributed by atoms with Crippen molar-refractivity contribution in [3.63, 3.8) is 0 Å². The van der Waals surface area contributed by atoms with Gasteiger partial charge in [0.25, 0.3) is 0 Å². The molecule has 6 nitrogen and oxygen atoms in total. The molecule has 1 atom stereocenters. The van der Waals surface area contributed by atoms with Crippen LogP contribution in [-0.4, -0.2) is 33.5 Å². The third kappa shape index (κ3) is 4.44. The molecule has 0 spiro atoms. The highest BCUT2D eigenvalue weighted by Crippen LogP contribution is 2.07. The van der Waals surface area contributed by atoms with Crippen LogP contribution >= 0.6 is 0 Å². The zero-order chi connectivity index (χ0) is 13.6. The van der Waals surface area contributed by atoms with Crippen LogP contribution in [0.5, 0.6) is 0 Å². The number of nitrogens with one attached hydrogen (secondary N) is 2. The molecule has 1 amide bonds. The summed E-state index contributed by atoms with van der Waals surface area (Å²) in [5.41, 5.74) is 5.13. The van der Waals surface area contributed by atoms with E-state index < -0.39 is 16.1 Å². The summed E-state index contributed by atoms with van der Waals surface area (Å²) in [5, 5.41) is 2.52. The first-order valence-corrected chi connectivity index (χ1v) is 6.98. The van der Waals surface area contributed by atoms with E-state index in [0.29, 0.717) is 0 Å². The molecule has 18 heavy (non-hydrogen) atoms. The molecule has 1 rings (SSSR count). The monoisotopic (exact) mass is 271 g/mol. The normalized spacial score (nSPS) is 13.0. The Morgan fingerprint density at radius 3 is 2.50 bits per heavy atom. The maximum atomic E-state index is 11.9. The van der Waals surface area contributed by atoms with E-state index in [0.717, 1.165) is 0 Å². The van der Waals surface area contributed by atoms with E-state index in [-0.39, 0.29) is 23.9 Å². The molecule has 0 aromatic heterocycles. The van der Waals surface area contributed by atoms with Gasteiger partial charge in [0.1, 0.15) is 0 Å². The summed E-state index contributed by atoms with van der Waals surface area (Å²) in [6, 6.07) is 7.64. The Hall–Kier alpha value is -1.44. The molecule has 0 fully saturated rings. The first kappa shape index (κ1) is 14.6. The third-order valence-electron chi connectivity index (χ3n) is 2.20. The van der Waals surface area contributed by atoms with Gasteiger partial charge in [0, 0.05) is 12.6 Å². The number of hydrogen-bond donors (Lipinski definition) is 3. The number of rotatable bonds is 6. The molecular weight excluding hydrogens is 254 g/mol. The van der Waals surface area contributed by atoms with Crippen molar-refractivity contribution in [1.29, 1.82) is 0 Å². The zero-order valence-electron chi connectivity index (χ0n) is 10.1. The van der Waals surface area contributed by atoms with Crippen LogP contribution in [0.15, 0.2) is 35.2 Å². The maximum Gasteiger partial charge on any atom is 0.240 e. The summed E-state index contributed by atoms with van der Waals surface area (Å²) in [7, 11) is -3.55. The fraction of sp³-hybridized carbons (Fsp3) is 0.364. The quantitative estimate of drug-likeness (QED) is 0.645. The SMILES string of the molecule is CC(CNC(=O)CN)NS(=O)(=O)c1ccccc1. The van der Waals surface area contributed by atoms with E-state index >= 15 is 0 Å². The average Bonchev–Trinajstić information content (AvgIpc) is 2.36. The van der Waals surface area contributed by atoms with Crippen LogP contribution in [0.4, 0.5) is 0 Å². The van der Waals surface area contributed by atoms with Gasteiger partial charge in [0.2, 0.25) is 15.9 Å². The fourth-order valence-corrected chi connectivity index (χ4v) is 2.58. The number of benzene rings is 1. The molecule has 1 aromatic carbocycles. The molecule has 0 aliphatic heterocycles. The van der Waals surface area contributed by atoms with Crippen LogP contribution in [0.1, 0.15) is 6.92 Å². The van der Waals surface area contributed by atoms with E-state index in [1.807, 2.05) is 0 Å². The topological polar surface area (TPSA) is 101 Å². The molecule has 0 radical (unpaired) electrons. The summed E-state index contributed by atoms with van der Waals surface area (Å²) >= 11 is 0. The van der Waals surface area contributed by atoms with Crippen LogP contribution in [0.2, 0.25) is 0 Å². The Labute approximate surface area is 107 Å². The van der Waals surface area contributed by atoms with E-state index in [2.05, 4.69) is 10.0 Å². The first-order valence-electron chi connectivity index (χ1n) is 5.50. The van der Waals surface area contributed by atoms with Crippen LogP contribution < -0.4 is 15.8 Å². The van der Waals surface area contributed by atoms with E-state index in [9.17, 15) is 13.2 Å². The second kappa shape index (κ2) is 6.48. The van der Waals surface area contributed by atoms with Crippen molar-refractivity contribution in [1.82, 2.24) is 10.0 Å². The van der Waals surface area contributed by atoms with E-state index in [1.54, 1.807) is 25.1 Å². The van der Waals surface area contributed by atoms with Gasteiger partial charge in [0.15, 0.2) is 0 Å². The molecule has 7 heteroatoms. The van der Waals surface area contributed by atoms with Crippen molar-refractivity contribution in [2.24, 2.45) is 5.73 Å². The average molecular weight is 271 g/mol. The van der Waals surface area contributed by atoms with E-state index in [1.165, 1.54) is 12.1 Å². The molecule has 100 valence electrons. The zero-order valence-corrected chi connectivity index (χ0v) is 10.9. The van der Waals surface area contributed by atoms with Gasteiger partial charge < -0.3 is 11.1 Å². The third-order valence-corrected chi connectivity index (χ3v) is 3.81. The second-order valence-corrected chi connectivity index (χ2v) is 5.56. The number of nitrogens with two attached hydrogens (primary N) is 1. The molecular formula is C11H17N3O3S. The molecule has 0 heterocycles. The van der Waals surface area contributed by atoms with Gasteiger partial charge >= 0.3 is 0 Å². The number of sulfonamides is 1. The smallest absolute Gasteiger partial charge is 0.240 e. The molecule has 0 bridgehead atoms. The lowest BCUT2D eigenvalue weighted by Crippen LogP contribution is -2.43. The maximum absolute atomic E-state index is 11.9. The van der Waals surface area contributed by atoms with Gasteiger partial charge in [-0.1, -0.05) is 18.2 Å². The molecule has 0 saturated heterocycles. The van der Waals surface area contributed by atoms with Gasteiger partial charge in [-0.25, -0.2) is 13.1 Å². The predicted octanol–water partition coefficient (Wildman–Crippen LogP) is -0.572. The van der Waals surface area contributed by atoms with Crippen LogP contribution in [0, 0.1) is 0 Å². The number of carbonyl (C=O) groups is 1. The highest BCUT2D eigenvalue weighted by molar-refractivity contribution is 7.89. The van der Waals surface area contributed by atoms with Gasteiger partial charge in [-0.15, -0.1) is 0 Å². The summed E-state index contributed by atoms with van der Waals surface area (Å²) in [6.45, 7) is 1.75. The Bertz CT molecular complexity index is 488. The van der Waals surface area contributed by atoms with Crippen LogP contribution in [0.3, 0.4) is 0 Å². The van der Waals surface area contributed by atoms with Crippen LogP contribution in [0.25, 0.3) is 0 Å². The molecule has 4 N–H and O–H groups in total. The largest absolute Gasteiger partial charge is 0.353 e. The minimum Gasteiger partial charge on any atom is -0.353 e. The fourth-order valence-electron chi connectivity index (χ4n) is 1.31. The lowest BCUT2D eigenvalue weighted by Gasteiger charge is -2.14. The first-order chi connectivity index (χ1) is 8.45. The lowest BCUT2D eigenvalue weighted by molar-refractivity contribution is -0.119. The molecule has 0 saturated carbocycles. The van der Waals surface area contributed by atoms with Crippen molar-refractivity contribution in [3.05, 3.63) is 30.3 Å². The summed E-state index contributed by atoms with van der Waals surface area (Å²) < 4.78 is 26.3. The van der Waals surface area contributed by atoms with Crippen molar-refractivity contribution < 1.29 is 13.2 Å². The standard InChI is InChI=1S/C11H17N3O3S/c1-9(8-13-11(15)7-12)14-18(16,17)10-5-3-2-4-6-10/h2-6,9,14H,7-8,12H2,1H3,(H,13,15). The molecule has 1 aromatic rings. The highest BCUT2D eigenvalue weighted by Gasteiger charge is 2.16. The highest BCUT2D eigenvalue weighted by atomic mass is 32.2. The molecule has 0 aliphatic rings. The van der Waals surface area contributed by atoms with E-state index in [4.69, 9.17) is 5.73 Å². The minimum atomic E-state index is -3.55. The molecule has 0 aliphatic carbocycles. The number of carbonyl (C=O) groups excluding carboxylic acids is 1. The Kier molecular flexibility index (Phi) is 5.26. The van der Waals surface area contributed by atoms with Crippen LogP contribution in [-0.2, 0) is 14.8 Å². The van der Waals surface area contributed by atoms with Gasteiger partial charge in [-0.3, -0.25) is 4.79 Å². The second-order valence-electron chi connectivity index (χ2n) is 3.84. The lowest BCUT2D eigenvalue weighted by atomic mass is 10.3. The Balaban J connectivity index is 2.59. The van der Waals surface area contributed by atoms with Crippen molar-refractivity contribution in [2.45, 2.75) is 17.9 Å².